The van der Waals surface area contributed by atoms with Gasteiger partial charge in [0, 0.05) is 34.1 Å². The van der Waals surface area contributed by atoms with Crippen LogP contribution in [0.15, 0.2) is 84.9 Å². The highest BCUT2D eigenvalue weighted by atomic mass is 35.5. The second kappa shape index (κ2) is 11.6. The molecule has 0 spiro atoms. The predicted molar refractivity (Wildman–Crippen MR) is 149 cm³/mol. The Morgan fingerprint density at radius 3 is 2.14 bits per heavy atom. The number of carboxylic acid groups (broad SMARTS) is 1. The maximum Gasteiger partial charge on any atom is 0.305 e. The van der Waals surface area contributed by atoms with Crippen molar-refractivity contribution in [3.05, 3.63) is 95.5 Å². The average Bonchev–Trinajstić information content (AvgIpc) is 2.88. The molecule has 1 unspecified atom stereocenters. The number of ether oxygens (including phenoxy) is 1. The molecule has 37 heavy (non-hydrogen) atoms. The summed E-state index contributed by atoms with van der Waals surface area (Å²) >= 11 is 4.10. The molecule has 4 aromatic carbocycles. The third kappa shape index (κ3) is 5.88. The van der Waals surface area contributed by atoms with Crippen molar-refractivity contribution in [2.75, 3.05) is 16.3 Å². The fourth-order valence-electron chi connectivity index (χ4n) is 4.38. The van der Waals surface area contributed by atoms with Gasteiger partial charge in [0.05, 0.1) is 24.9 Å². The van der Waals surface area contributed by atoms with Crippen molar-refractivity contribution in [2.24, 2.45) is 0 Å². The van der Waals surface area contributed by atoms with Gasteiger partial charge in [0.15, 0.2) is 0 Å². The van der Waals surface area contributed by atoms with E-state index in [1.54, 1.807) is 43.5 Å². The van der Waals surface area contributed by atoms with Gasteiger partial charge in [0.2, 0.25) is 0 Å². The van der Waals surface area contributed by atoms with Crippen LogP contribution in [0.25, 0.3) is 10.8 Å². The largest absolute Gasteiger partial charge is 0.497 e. The Morgan fingerprint density at radius 2 is 1.54 bits per heavy atom. The third-order valence-electron chi connectivity index (χ3n) is 6.17. The molecule has 0 heterocycles. The molecule has 0 aliphatic carbocycles. The number of methoxy groups -OCH3 is 1. The van der Waals surface area contributed by atoms with Crippen LogP contribution >= 0.6 is 11.6 Å². The van der Waals surface area contributed by atoms with Crippen LogP contribution in [-0.4, -0.2) is 33.0 Å². The number of carbonyl (C=O) groups is 1. The molecule has 0 saturated heterocycles. The lowest BCUT2D eigenvalue weighted by Gasteiger charge is -2.33. The van der Waals surface area contributed by atoms with Crippen molar-refractivity contribution in [2.45, 2.75) is 25.9 Å². The van der Waals surface area contributed by atoms with Crippen molar-refractivity contribution in [3.63, 3.8) is 0 Å². The summed E-state index contributed by atoms with van der Waals surface area (Å²) in [6.45, 7) is 2.26. The van der Waals surface area contributed by atoms with Crippen LogP contribution < -0.4 is 13.9 Å². The highest BCUT2D eigenvalue weighted by molar-refractivity contribution is 7.81. The Labute approximate surface area is 223 Å². The molecule has 0 amide bonds. The molecule has 0 aromatic heterocycles. The molecule has 0 saturated carbocycles. The first-order valence-corrected chi connectivity index (χ1v) is 13.0. The molecule has 0 radical (unpaired) electrons. The number of rotatable bonds is 10. The summed E-state index contributed by atoms with van der Waals surface area (Å²) in [4.78, 5) is 13.6. The third-order valence-corrected chi connectivity index (χ3v) is 7.26. The fourth-order valence-corrected chi connectivity index (χ4v) is 5.20. The van der Waals surface area contributed by atoms with E-state index < -0.39 is 17.2 Å². The minimum absolute atomic E-state index is 0.0703. The number of nitrogens with zero attached hydrogens (tertiary/aromatic N) is 2. The van der Waals surface area contributed by atoms with Gasteiger partial charge < -0.3 is 14.7 Å². The second-order valence-corrected chi connectivity index (χ2v) is 9.77. The van der Waals surface area contributed by atoms with E-state index in [0.29, 0.717) is 28.7 Å². The van der Waals surface area contributed by atoms with Crippen molar-refractivity contribution in [1.29, 1.82) is 0 Å². The lowest BCUT2D eigenvalue weighted by molar-refractivity contribution is -0.137. The zero-order chi connectivity index (χ0) is 26.5. The van der Waals surface area contributed by atoms with Crippen LogP contribution in [0.4, 0.5) is 17.1 Å². The van der Waals surface area contributed by atoms with E-state index in [9.17, 15) is 18.7 Å². The zero-order valence-electron chi connectivity index (χ0n) is 20.4. The van der Waals surface area contributed by atoms with Gasteiger partial charge in [-0.1, -0.05) is 54.1 Å². The molecule has 7 nitrogen and oxygen atoms in total. The van der Waals surface area contributed by atoms with Gasteiger partial charge in [-0.25, -0.2) is 8.51 Å². The molecule has 0 fully saturated rings. The summed E-state index contributed by atoms with van der Waals surface area (Å²) in [6, 6.07) is 25.2. The number of anilines is 3. The van der Waals surface area contributed by atoms with E-state index in [0.717, 1.165) is 22.0 Å². The van der Waals surface area contributed by atoms with Gasteiger partial charge in [-0.05, 0) is 55.0 Å². The van der Waals surface area contributed by atoms with E-state index >= 15 is 0 Å². The van der Waals surface area contributed by atoms with Gasteiger partial charge in [-0.15, -0.1) is 0 Å². The Morgan fingerprint density at radius 1 is 0.946 bits per heavy atom. The van der Waals surface area contributed by atoms with Crippen molar-refractivity contribution in [1.82, 2.24) is 0 Å². The van der Waals surface area contributed by atoms with Crippen molar-refractivity contribution in [3.8, 4) is 5.75 Å². The standard InChI is InChI=1S/C28H27ClN2O5S/c1-19(17-28(32)33)30(18-20-7-3-6-10-25(20)29)26-15-16-27(24-9-5-4-8-23(24)26)31(37(34)35)21-11-13-22(36-2)14-12-21/h3-16,19H,17-18H2,1-2H3,(H,32,33)(H,34,35)/t19-/m0/s1. The van der Waals surface area contributed by atoms with Gasteiger partial charge >= 0.3 is 5.97 Å². The molecule has 2 N–H and O–H groups in total. The Balaban J connectivity index is 1.86. The summed E-state index contributed by atoms with van der Waals surface area (Å²) < 4.78 is 29.4. The van der Waals surface area contributed by atoms with Gasteiger partial charge in [-0.3, -0.25) is 9.35 Å². The van der Waals surface area contributed by atoms with Crippen LogP contribution in [0, 0.1) is 0 Å². The first-order valence-electron chi connectivity index (χ1n) is 11.6. The van der Waals surface area contributed by atoms with E-state index in [4.69, 9.17) is 16.3 Å². The van der Waals surface area contributed by atoms with Crippen molar-refractivity contribution >= 4 is 56.7 Å². The molecule has 9 heteroatoms. The van der Waals surface area contributed by atoms with E-state index in [1.807, 2.05) is 60.4 Å². The number of fused-ring (bicyclic) bond motifs is 1. The summed E-state index contributed by atoms with van der Waals surface area (Å²) in [5, 5.41) is 11.7. The van der Waals surface area contributed by atoms with Crippen LogP contribution in [0.1, 0.15) is 18.9 Å². The topological polar surface area (TPSA) is 90.3 Å². The highest BCUT2D eigenvalue weighted by Crippen LogP contribution is 2.40. The average molecular weight is 539 g/mol. The summed E-state index contributed by atoms with van der Waals surface area (Å²) in [5.74, 6) is -0.269. The molecule has 0 aliphatic heterocycles. The zero-order valence-corrected chi connectivity index (χ0v) is 21.9. The van der Waals surface area contributed by atoms with Crippen LogP contribution in [-0.2, 0) is 22.6 Å². The predicted octanol–water partition coefficient (Wildman–Crippen LogP) is 6.65. The van der Waals surface area contributed by atoms with Gasteiger partial charge in [-0.2, -0.15) is 0 Å². The Bertz CT molecular complexity index is 1430. The molecule has 4 rings (SSSR count). The molecule has 192 valence electrons. The number of carboxylic acids is 1. The maximum atomic E-state index is 12.5. The van der Waals surface area contributed by atoms with Crippen LogP contribution in [0.2, 0.25) is 5.02 Å². The Kier molecular flexibility index (Phi) is 8.33. The fraction of sp³-hybridized carbons (Fsp3) is 0.179. The van der Waals surface area contributed by atoms with Crippen LogP contribution in [0.3, 0.4) is 0 Å². The lowest BCUT2D eigenvalue weighted by Crippen LogP contribution is -2.34. The summed E-state index contributed by atoms with van der Waals surface area (Å²) in [7, 11) is 1.56. The molecule has 2 atom stereocenters. The molecular weight excluding hydrogens is 512 g/mol. The minimum Gasteiger partial charge on any atom is -0.497 e. The van der Waals surface area contributed by atoms with Gasteiger partial charge in [0.25, 0.3) is 11.3 Å². The minimum atomic E-state index is -2.35. The number of hydrogen-bond donors (Lipinski definition) is 2. The molecule has 0 aliphatic rings. The summed E-state index contributed by atoms with van der Waals surface area (Å²) in [5.41, 5.74) is 2.72. The highest BCUT2D eigenvalue weighted by Gasteiger charge is 2.24. The number of aliphatic carboxylic acids is 1. The molecular formula is C28H27ClN2O5S. The number of benzene rings is 4. The monoisotopic (exact) mass is 538 g/mol. The van der Waals surface area contributed by atoms with Crippen LogP contribution in [0.5, 0.6) is 5.75 Å². The van der Waals surface area contributed by atoms with E-state index in [1.165, 1.54) is 4.31 Å². The SMILES string of the molecule is COc1ccc(N(c2ccc(N(Cc3ccccc3Cl)[C@@H](C)CC(=O)O)c3ccccc23)S(=O)O)cc1. The van der Waals surface area contributed by atoms with E-state index in [2.05, 4.69) is 0 Å². The lowest BCUT2D eigenvalue weighted by atomic mass is 10.0. The maximum absolute atomic E-state index is 12.5. The second-order valence-electron chi connectivity index (χ2n) is 8.54. The first-order chi connectivity index (χ1) is 17.8. The Hall–Kier alpha value is -3.59. The van der Waals surface area contributed by atoms with E-state index in [-0.39, 0.29) is 12.5 Å². The quantitative estimate of drug-likeness (QED) is 0.220. The molecule has 4 aromatic rings. The number of halogens is 1. The first kappa shape index (κ1) is 26.5. The smallest absolute Gasteiger partial charge is 0.305 e. The van der Waals surface area contributed by atoms with Gasteiger partial charge in [0.1, 0.15) is 5.75 Å². The van der Waals surface area contributed by atoms with Crippen molar-refractivity contribution < 1.29 is 23.4 Å². The number of hydrogen-bond acceptors (Lipinski definition) is 4. The normalized spacial score (nSPS) is 12.6. The molecule has 0 bridgehead atoms. The summed E-state index contributed by atoms with van der Waals surface area (Å²) in [6.07, 6.45) is -0.0703.